The second-order valence-corrected chi connectivity index (χ2v) is 4.92. The maximum Gasteiger partial charge on any atom is 0.416 e. The van der Waals surface area contributed by atoms with Gasteiger partial charge in [0.25, 0.3) is 5.91 Å². The smallest absolute Gasteiger partial charge is 0.382 e. The average Bonchev–Trinajstić information content (AvgIpc) is 3.05. The van der Waals surface area contributed by atoms with Crippen molar-refractivity contribution in [3.63, 3.8) is 0 Å². The molecule has 2 N–H and O–H groups in total. The monoisotopic (exact) mass is 312 g/mol. The summed E-state index contributed by atoms with van der Waals surface area (Å²) in [6, 6.07) is 2.93. The van der Waals surface area contributed by atoms with Crippen LogP contribution in [-0.4, -0.2) is 20.7 Å². The van der Waals surface area contributed by atoms with Crippen LogP contribution in [0.3, 0.4) is 0 Å². The van der Waals surface area contributed by atoms with Crippen molar-refractivity contribution in [2.45, 2.75) is 6.18 Å². The van der Waals surface area contributed by atoms with Crippen LogP contribution in [0.1, 0.15) is 16.1 Å². The lowest BCUT2D eigenvalue weighted by Crippen LogP contribution is -2.14. The first-order valence-electron chi connectivity index (χ1n) is 5.66. The number of nitrogens with zero attached hydrogens (tertiary/aromatic N) is 3. The molecule has 0 aliphatic rings. The van der Waals surface area contributed by atoms with Crippen molar-refractivity contribution in [2.24, 2.45) is 0 Å². The molecule has 0 aliphatic heterocycles. The topological polar surface area (TPSA) is 73.8 Å². The van der Waals surface area contributed by atoms with E-state index < -0.39 is 17.6 Å². The Balaban J connectivity index is 2.16. The number of carbonyl (C=O) groups is 1. The molecule has 3 aromatic rings. The number of nitrogens with two attached hydrogens (primary N) is 1. The van der Waals surface area contributed by atoms with Gasteiger partial charge >= 0.3 is 6.18 Å². The minimum absolute atomic E-state index is 0.0772. The Morgan fingerprint density at radius 1 is 1.33 bits per heavy atom. The summed E-state index contributed by atoms with van der Waals surface area (Å²) in [5.41, 5.74) is 6.61. The fourth-order valence-corrected chi connectivity index (χ4v) is 2.43. The van der Waals surface area contributed by atoms with E-state index in [1.165, 1.54) is 28.3 Å². The third kappa shape index (κ3) is 2.25. The number of alkyl halides is 3. The highest BCUT2D eigenvalue weighted by Gasteiger charge is 2.31. The molecular formula is C12H7F3N4OS. The number of thiazole rings is 1. The molecule has 0 spiro atoms. The van der Waals surface area contributed by atoms with Gasteiger partial charge in [0.2, 0.25) is 0 Å². The van der Waals surface area contributed by atoms with Crippen molar-refractivity contribution in [1.82, 2.24) is 14.8 Å². The summed E-state index contributed by atoms with van der Waals surface area (Å²) < 4.78 is 39.0. The summed E-state index contributed by atoms with van der Waals surface area (Å²) in [7, 11) is 0. The molecule has 108 valence electrons. The number of halogens is 3. The van der Waals surface area contributed by atoms with E-state index in [4.69, 9.17) is 5.73 Å². The fourth-order valence-electron chi connectivity index (χ4n) is 1.90. The zero-order chi connectivity index (χ0) is 15.2. The largest absolute Gasteiger partial charge is 0.416 e. The van der Waals surface area contributed by atoms with E-state index in [0.29, 0.717) is 0 Å². The molecule has 21 heavy (non-hydrogen) atoms. The summed E-state index contributed by atoms with van der Waals surface area (Å²) in [4.78, 5) is 16.0. The van der Waals surface area contributed by atoms with Gasteiger partial charge < -0.3 is 5.73 Å². The summed E-state index contributed by atoms with van der Waals surface area (Å²) in [5, 5.41) is 5.41. The Morgan fingerprint density at radius 2 is 2.10 bits per heavy atom. The van der Waals surface area contributed by atoms with E-state index in [0.717, 1.165) is 16.8 Å². The second-order valence-electron chi connectivity index (χ2n) is 4.21. The molecule has 0 aliphatic carbocycles. The highest BCUT2D eigenvalue weighted by Crippen LogP contribution is 2.33. The van der Waals surface area contributed by atoms with Crippen LogP contribution >= 0.6 is 11.3 Å². The Bertz CT molecular complexity index is 823. The molecule has 5 nitrogen and oxygen atoms in total. The van der Waals surface area contributed by atoms with Crippen molar-refractivity contribution in [1.29, 1.82) is 0 Å². The fraction of sp³-hybridized carbons (Fsp3) is 0.0833. The van der Waals surface area contributed by atoms with Gasteiger partial charge in [-0.05, 0) is 18.2 Å². The van der Waals surface area contributed by atoms with E-state index >= 15 is 0 Å². The van der Waals surface area contributed by atoms with E-state index in [1.807, 2.05) is 0 Å². The predicted octanol–water partition coefficient (Wildman–Crippen LogP) is 2.78. The molecule has 0 fully saturated rings. The van der Waals surface area contributed by atoms with Gasteiger partial charge in [0.05, 0.1) is 16.6 Å². The van der Waals surface area contributed by atoms with Gasteiger partial charge in [0.1, 0.15) is 5.69 Å². The van der Waals surface area contributed by atoms with Gasteiger partial charge in [-0.2, -0.15) is 17.9 Å². The molecule has 9 heteroatoms. The Labute approximate surface area is 119 Å². The lowest BCUT2D eigenvalue weighted by molar-refractivity contribution is -0.137. The van der Waals surface area contributed by atoms with Gasteiger partial charge in [0.15, 0.2) is 5.82 Å². The molecule has 0 radical (unpaired) electrons. The zero-order valence-electron chi connectivity index (χ0n) is 10.3. The van der Waals surface area contributed by atoms with Gasteiger partial charge in [0, 0.05) is 10.8 Å². The molecule has 2 heterocycles. The molecule has 0 saturated heterocycles. The van der Waals surface area contributed by atoms with Crippen LogP contribution in [0.5, 0.6) is 0 Å². The van der Waals surface area contributed by atoms with Crippen molar-refractivity contribution < 1.29 is 18.0 Å². The van der Waals surface area contributed by atoms with Gasteiger partial charge in [-0.25, -0.2) is 4.98 Å². The summed E-state index contributed by atoms with van der Waals surface area (Å²) >= 11 is 1.23. The number of aromatic nitrogens is 3. The van der Waals surface area contributed by atoms with Crippen LogP contribution < -0.4 is 5.73 Å². The number of rotatable bonds is 1. The van der Waals surface area contributed by atoms with E-state index in [9.17, 15) is 18.0 Å². The molecule has 1 aromatic carbocycles. The minimum Gasteiger partial charge on any atom is -0.382 e. The quantitative estimate of drug-likeness (QED) is 0.750. The Hall–Kier alpha value is -2.42. The minimum atomic E-state index is -4.48. The number of anilines is 1. The number of hydrogen-bond donors (Lipinski definition) is 1. The lowest BCUT2D eigenvalue weighted by Gasteiger charge is -2.06. The first kappa shape index (κ1) is 13.6. The first-order chi connectivity index (χ1) is 9.88. The number of nitrogen functional groups attached to an aromatic ring is 1. The third-order valence-electron chi connectivity index (χ3n) is 2.88. The summed E-state index contributed by atoms with van der Waals surface area (Å²) in [6.45, 7) is 0. The molecule has 0 amide bonds. The number of benzene rings is 1. The van der Waals surface area contributed by atoms with Gasteiger partial charge in [-0.15, -0.1) is 16.4 Å². The van der Waals surface area contributed by atoms with Crippen molar-refractivity contribution in [2.75, 3.05) is 5.73 Å². The summed E-state index contributed by atoms with van der Waals surface area (Å²) in [5.74, 6) is -0.683. The Kier molecular flexibility index (Phi) is 2.94. The van der Waals surface area contributed by atoms with Crippen LogP contribution in [-0.2, 0) is 6.18 Å². The molecular weight excluding hydrogens is 305 g/mol. The maximum atomic E-state index is 12.7. The molecule has 0 unspecified atom stereocenters. The molecule has 0 atom stereocenters. The maximum absolute atomic E-state index is 12.7. The molecule has 2 aromatic heterocycles. The predicted molar refractivity (Wildman–Crippen MR) is 71.0 cm³/mol. The zero-order valence-corrected chi connectivity index (χ0v) is 11.1. The van der Waals surface area contributed by atoms with E-state index in [1.54, 1.807) is 0 Å². The number of hydrogen-bond acceptors (Lipinski definition) is 5. The van der Waals surface area contributed by atoms with Crippen molar-refractivity contribution in [3.8, 4) is 0 Å². The lowest BCUT2D eigenvalue weighted by atomic mass is 10.1. The van der Waals surface area contributed by atoms with Crippen LogP contribution in [0.4, 0.5) is 19.0 Å². The van der Waals surface area contributed by atoms with Crippen LogP contribution in [0, 0.1) is 0 Å². The van der Waals surface area contributed by atoms with Gasteiger partial charge in [-0.3, -0.25) is 4.79 Å². The normalized spacial score (nSPS) is 12.0. The van der Waals surface area contributed by atoms with Gasteiger partial charge in [-0.1, -0.05) is 0 Å². The van der Waals surface area contributed by atoms with Crippen molar-refractivity contribution >= 4 is 34.0 Å². The van der Waals surface area contributed by atoms with Crippen LogP contribution in [0.15, 0.2) is 29.1 Å². The highest BCUT2D eigenvalue weighted by molar-refractivity contribution is 7.07. The highest BCUT2D eigenvalue weighted by atomic mass is 32.1. The SMILES string of the molecule is Nc1nn(C(=O)c2cscn2)c2ccc(C(F)(F)F)cc12. The van der Waals surface area contributed by atoms with Crippen LogP contribution in [0.2, 0.25) is 0 Å². The molecule has 3 rings (SSSR count). The first-order valence-corrected chi connectivity index (χ1v) is 6.60. The van der Waals surface area contributed by atoms with Crippen molar-refractivity contribution in [3.05, 3.63) is 40.3 Å². The second kappa shape index (κ2) is 4.55. The number of fused-ring (bicyclic) bond motifs is 1. The van der Waals surface area contributed by atoms with E-state index in [2.05, 4.69) is 10.1 Å². The third-order valence-corrected chi connectivity index (χ3v) is 3.47. The standard InChI is InChI=1S/C12H7F3N4OS/c13-12(14,15)6-1-2-9-7(3-6)10(16)18-19(9)11(20)8-4-21-5-17-8/h1-5H,(H2,16,18). The number of carbonyl (C=O) groups excluding carboxylic acids is 1. The molecule has 0 saturated carbocycles. The van der Waals surface area contributed by atoms with E-state index in [-0.39, 0.29) is 22.4 Å². The average molecular weight is 312 g/mol. The van der Waals surface area contributed by atoms with Crippen LogP contribution in [0.25, 0.3) is 10.9 Å². The summed E-state index contributed by atoms with van der Waals surface area (Å²) in [6.07, 6.45) is -4.48. The molecule has 0 bridgehead atoms. The Morgan fingerprint density at radius 3 is 2.71 bits per heavy atom.